The molecule has 0 aromatic carbocycles. The van der Waals surface area contributed by atoms with E-state index < -0.39 is 5.54 Å². The third kappa shape index (κ3) is 2.82. The number of carbonyl (C=O) groups is 3. The van der Waals surface area contributed by atoms with E-state index in [-0.39, 0.29) is 36.9 Å². The molecule has 1 aromatic rings. The molecular formula is C19H25N3O3S. The number of carbonyl (C=O) groups excluding carboxylic acids is 3. The third-order valence-corrected chi connectivity index (χ3v) is 7.10. The summed E-state index contributed by atoms with van der Waals surface area (Å²) in [6.45, 7) is 2.93. The van der Waals surface area contributed by atoms with Gasteiger partial charge in [-0.15, -0.1) is 11.3 Å². The van der Waals surface area contributed by atoms with Crippen molar-refractivity contribution in [1.29, 1.82) is 0 Å². The molecule has 3 aliphatic rings. The molecule has 2 fully saturated rings. The van der Waals surface area contributed by atoms with Crippen molar-refractivity contribution < 1.29 is 14.4 Å². The largest absolute Gasteiger partial charge is 0.335 e. The molecule has 1 aromatic heterocycles. The Kier molecular flexibility index (Phi) is 4.50. The molecule has 7 heteroatoms. The molecule has 4 rings (SSSR count). The average molecular weight is 375 g/mol. The van der Waals surface area contributed by atoms with Gasteiger partial charge in [-0.05, 0) is 43.2 Å². The Labute approximate surface area is 157 Å². The number of hydrogen-bond donors (Lipinski definition) is 1. The van der Waals surface area contributed by atoms with Crippen molar-refractivity contribution in [3.8, 4) is 0 Å². The van der Waals surface area contributed by atoms with Gasteiger partial charge in [-0.25, -0.2) is 4.79 Å². The predicted octanol–water partition coefficient (Wildman–Crippen LogP) is 2.84. The zero-order valence-corrected chi connectivity index (χ0v) is 15.9. The van der Waals surface area contributed by atoms with E-state index in [1.807, 2.05) is 11.8 Å². The highest BCUT2D eigenvalue weighted by atomic mass is 32.1. The van der Waals surface area contributed by atoms with Crippen molar-refractivity contribution in [2.75, 3.05) is 13.1 Å². The molecule has 26 heavy (non-hydrogen) atoms. The fourth-order valence-corrected chi connectivity index (χ4v) is 5.54. The van der Waals surface area contributed by atoms with Gasteiger partial charge in [0.1, 0.15) is 5.54 Å². The highest BCUT2D eigenvalue weighted by molar-refractivity contribution is 7.10. The first-order valence-electron chi connectivity index (χ1n) is 9.52. The molecule has 1 saturated carbocycles. The van der Waals surface area contributed by atoms with Crippen LogP contribution < -0.4 is 5.32 Å². The van der Waals surface area contributed by atoms with Gasteiger partial charge in [-0.1, -0.05) is 19.3 Å². The van der Waals surface area contributed by atoms with E-state index >= 15 is 0 Å². The number of fused-ring (bicyclic) bond motifs is 1. The molecule has 0 bridgehead atoms. The van der Waals surface area contributed by atoms with E-state index in [1.54, 1.807) is 11.3 Å². The standard InChI is InChI=1S/C19H25N3O3S/c1-13-14-7-12-26-15(14)5-10-21(13)16(23)6-11-22-17(24)19(20-18(22)25)8-3-2-4-9-19/h7,12-13H,2-6,8-11H2,1H3,(H,20,25)/t13-/m1/s1. The quantitative estimate of drug-likeness (QED) is 0.826. The maximum absolute atomic E-state index is 12.8. The van der Waals surface area contributed by atoms with Crippen molar-refractivity contribution in [3.63, 3.8) is 0 Å². The molecular weight excluding hydrogens is 350 g/mol. The maximum atomic E-state index is 12.8. The maximum Gasteiger partial charge on any atom is 0.325 e. The third-order valence-electron chi connectivity index (χ3n) is 6.10. The Morgan fingerprint density at radius 3 is 2.85 bits per heavy atom. The van der Waals surface area contributed by atoms with Gasteiger partial charge in [0, 0.05) is 24.4 Å². The number of nitrogens with one attached hydrogen (secondary N) is 1. The smallest absolute Gasteiger partial charge is 0.325 e. The van der Waals surface area contributed by atoms with Crippen LogP contribution in [0.2, 0.25) is 0 Å². The molecule has 140 valence electrons. The zero-order chi connectivity index (χ0) is 18.3. The van der Waals surface area contributed by atoms with E-state index in [2.05, 4.69) is 16.8 Å². The zero-order valence-electron chi connectivity index (χ0n) is 15.1. The van der Waals surface area contributed by atoms with Crippen LogP contribution in [0.3, 0.4) is 0 Å². The topological polar surface area (TPSA) is 69.7 Å². The second-order valence-electron chi connectivity index (χ2n) is 7.59. The van der Waals surface area contributed by atoms with Crippen LogP contribution in [0.25, 0.3) is 0 Å². The van der Waals surface area contributed by atoms with Crippen LogP contribution in [0.1, 0.15) is 61.9 Å². The minimum absolute atomic E-state index is 0.0135. The number of nitrogens with zero attached hydrogens (tertiary/aromatic N) is 2. The van der Waals surface area contributed by atoms with E-state index in [0.29, 0.717) is 19.4 Å². The minimum atomic E-state index is -0.706. The SMILES string of the molecule is C[C@@H]1c2ccsc2CCN1C(=O)CCN1C(=O)NC2(CCCCC2)C1=O. The fourth-order valence-electron chi connectivity index (χ4n) is 4.57. The first kappa shape index (κ1) is 17.5. The van der Waals surface area contributed by atoms with Crippen LogP contribution in [-0.2, 0) is 16.0 Å². The fraction of sp³-hybridized carbons (Fsp3) is 0.632. The van der Waals surface area contributed by atoms with Crippen LogP contribution in [0.5, 0.6) is 0 Å². The molecule has 1 saturated heterocycles. The van der Waals surface area contributed by atoms with Crippen molar-refractivity contribution in [2.24, 2.45) is 0 Å². The van der Waals surface area contributed by atoms with Crippen molar-refractivity contribution >= 4 is 29.2 Å². The molecule has 1 atom stereocenters. The van der Waals surface area contributed by atoms with Crippen LogP contribution in [0.15, 0.2) is 11.4 Å². The second-order valence-corrected chi connectivity index (χ2v) is 8.59. The first-order chi connectivity index (χ1) is 12.5. The summed E-state index contributed by atoms with van der Waals surface area (Å²) in [4.78, 5) is 42.3. The molecule has 1 aliphatic carbocycles. The van der Waals surface area contributed by atoms with Crippen molar-refractivity contribution in [3.05, 3.63) is 21.9 Å². The Morgan fingerprint density at radius 2 is 2.08 bits per heavy atom. The summed E-state index contributed by atoms with van der Waals surface area (Å²) in [6, 6.07) is 1.82. The molecule has 3 heterocycles. The number of thiophene rings is 1. The highest BCUT2D eigenvalue weighted by Gasteiger charge is 2.51. The normalized spacial score (nSPS) is 24.7. The number of rotatable bonds is 3. The van der Waals surface area contributed by atoms with E-state index in [9.17, 15) is 14.4 Å². The summed E-state index contributed by atoms with van der Waals surface area (Å²) in [7, 11) is 0. The monoisotopic (exact) mass is 375 g/mol. The van der Waals surface area contributed by atoms with E-state index in [0.717, 1.165) is 25.7 Å². The Morgan fingerprint density at radius 1 is 1.31 bits per heavy atom. The summed E-state index contributed by atoms with van der Waals surface area (Å²) < 4.78 is 0. The van der Waals surface area contributed by atoms with Gasteiger partial charge in [0.15, 0.2) is 0 Å². The van der Waals surface area contributed by atoms with Crippen molar-refractivity contribution in [2.45, 2.75) is 63.5 Å². The van der Waals surface area contributed by atoms with Crippen LogP contribution in [-0.4, -0.2) is 46.3 Å². The lowest BCUT2D eigenvalue weighted by Crippen LogP contribution is -2.48. The lowest BCUT2D eigenvalue weighted by Gasteiger charge is -2.34. The molecule has 2 aliphatic heterocycles. The number of hydrogen-bond acceptors (Lipinski definition) is 4. The van der Waals surface area contributed by atoms with Crippen LogP contribution in [0, 0.1) is 0 Å². The van der Waals surface area contributed by atoms with E-state index in [4.69, 9.17) is 0 Å². The van der Waals surface area contributed by atoms with Crippen LogP contribution in [0.4, 0.5) is 4.79 Å². The number of amides is 4. The molecule has 1 N–H and O–H groups in total. The summed E-state index contributed by atoms with van der Waals surface area (Å²) in [5, 5.41) is 4.98. The predicted molar refractivity (Wildman–Crippen MR) is 98.8 cm³/mol. The summed E-state index contributed by atoms with van der Waals surface area (Å²) in [5.74, 6) is -0.124. The van der Waals surface area contributed by atoms with Gasteiger partial charge in [-0.3, -0.25) is 14.5 Å². The van der Waals surface area contributed by atoms with Gasteiger partial charge < -0.3 is 10.2 Å². The van der Waals surface area contributed by atoms with Gasteiger partial charge in [0.25, 0.3) is 5.91 Å². The van der Waals surface area contributed by atoms with Gasteiger partial charge in [0.05, 0.1) is 6.04 Å². The number of urea groups is 1. The Bertz CT molecular complexity index is 738. The average Bonchev–Trinajstić information content (AvgIpc) is 3.19. The molecule has 6 nitrogen and oxygen atoms in total. The number of imide groups is 1. The molecule has 4 amide bonds. The first-order valence-corrected chi connectivity index (χ1v) is 10.4. The summed E-state index contributed by atoms with van der Waals surface area (Å²) in [5.41, 5.74) is 0.522. The summed E-state index contributed by atoms with van der Waals surface area (Å²) in [6.07, 6.45) is 5.55. The lowest BCUT2D eigenvalue weighted by atomic mass is 9.82. The van der Waals surface area contributed by atoms with Gasteiger partial charge >= 0.3 is 6.03 Å². The minimum Gasteiger partial charge on any atom is -0.335 e. The lowest BCUT2D eigenvalue weighted by molar-refractivity contribution is -0.135. The summed E-state index contributed by atoms with van der Waals surface area (Å²) >= 11 is 1.75. The van der Waals surface area contributed by atoms with Gasteiger partial charge in [-0.2, -0.15) is 0 Å². The molecule has 0 unspecified atom stereocenters. The Hall–Kier alpha value is -1.89. The highest BCUT2D eigenvalue weighted by Crippen LogP contribution is 2.35. The Balaban J connectivity index is 1.39. The second kappa shape index (κ2) is 6.68. The van der Waals surface area contributed by atoms with Crippen LogP contribution >= 0.6 is 11.3 Å². The molecule has 1 spiro atoms. The van der Waals surface area contributed by atoms with Gasteiger partial charge in [0.2, 0.25) is 5.91 Å². The van der Waals surface area contributed by atoms with Crippen molar-refractivity contribution in [1.82, 2.24) is 15.1 Å². The van der Waals surface area contributed by atoms with E-state index in [1.165, 1.54) is 15.3 Å². The molecule has 0 radical (unpaired) electrons.